The van der Waals surface area contributed by atoms with Crippen LogP contribution in [0.1, 0.15) is 53.0 Å². The summed E-state index contributed by atoms with van der Waals surface area (Å²) < 4.78 is 5.90. The van der Waals surface area contributed by atoms with Crippen molar-refractivity contribution in [2.24, 2.45) is 5.41 Å². The van der Waals surface area contributed by atoms with E-state index in [4.69, 9.17) is 4.74 Å². The highest BCUT2D eigenvalue weighted by Gasteiger charge is 2.19. The zero-order valence-corrected chi connectivity index (χ0v) is 13.3. The maximum atomic E-state index is 5.90. The molecule has 108 valence electrons. The van der Waals surface area contributed by atoms with Crippen LogP contribution in [0.4, 0.5) is 0 Å². The van der Waals surface area contributed by atoms with Crippen molar-refractivity contribution in [2.45, 2.75) is 53.5 Å². The van der Waals surface area contributed by atoms with Crippen molar-refractivity contribution < 1.29 is 4.74 Å². The molecular weight excluding hydrogens is 234 g/mol. The third-order valence-electron chi connectivity index (χ3n) is 3.17. The van der Waals surface area contributed by atoms with Gasteiger partial charge in [0, 0.05) is 18.0 Å². The van der Waals surface area contributed by atoms with Gasteiger partial charge in [0.2, 0.25) is 0 Å². The maximum Gasteiger partial charge on any atom is 0.119 e. The van der Waals surface area contributed by atoms with Gasteiger partial charge in [-0.1, -0.05) is 53.7 Å². The summed E-state index contributed by atoms with van der Waals surface area (Å²) in [4.78, 5) is 0. The predicted octanol–water partition coefficient (Wildman–Crippen LogP) is 4.21. The molecule has 0 saturated heterocycles. The second kappa shape index (κ2) is 6.95. The van der Waals surface area contributed by atoms with E-state index in [9.17, 15) is 0 Å². The lowest BCUT2D eigenvalue weighted by atomic mass is 9.94. The van der Waals surface area contributed by atoms with Crippen molar-refractivity contribution in [3.63, 3.8) is 0 Å². The van der Waals surface area contributed by atoms with Crippen LogP contribution in [-0.2, 0) is 0 Å². The number of nitrogens with one attached hydrogen (secondary N) is 1. The van der Waals surface area contributed by atoms with Crippen LogP contribution in [-0.4, -0.2) is 19.2 Å². The summed E-state index contributed by atoms with van der Waals surface area (Å²) in [5, 5.41) is 3.47. The number of ether oxygens (including phenoxy) is 1. The van der Waals surface area contributed by atoms with E-state index in [-0.39, 0.29) is 5.41 Å². The van der Waals surface area contributed by atoms with Crippen LogP contribution >= 0.6 is 0 Å². The molecule has 0 aromatic heterocycles. The summed E-state index contributed by atoms with van der Waals surface area (Å²) in [5.41, 5.74) is 1.49. The van der Waals surface area contributed by atoms with Gasteiger partial charge in [0.1, 0.15) is 5.75 Å². The van der Waals surface area contributed by atoms with Gasteiger partial charge in [-0.2, -0.15) is 0 Å². The van der Waals surface area contributed by atoms with Crippen LogP contribution in [0.25, 0.3) is 0 Å². The first-order valence-corrected chi connectivity index (χ1v) is 7.26. The lowest BCUT2D eigenvalue weighted by molar-refractivity contribution is 0.173. The number of rotatable bonds is 7. The first-order chi connectivity index (χ1) is 8.80. The maximum absolute atomic E-state index is 5.90. The van der Waals surface area contributed by atoms with Gasteiger partial charge >= 0.3 is 0 Å². The van der Waals surface area contributed by atoms with Crippen molar-refractivity contribution in [1.82, 2.24) is 5.32 Å². The van der Waals surface area contributed by atoms with Crippen LogP contribution in [0.5, 0.6) is 5.75 Å². The number of hydrogen-bond donors (Lipinski definition) is 1. The third kappa shape index (κ3) is 6.11. The van der Waals surface area contributed by atoms with Crippen molar-refractivity contribution >= 4 is 0 Å². The first kappa shape index (κ1) is 16.0. The largest absolute Gasteiger partial charge is 0.493 e. The molecule has 1 rings (SSSR count). The van der Waals surface area contributed by atoms with E-state index >= 15 is 0 Å². The lowest BCUT2D eigenvalue weighted by Gasteiger charge is -2.26. The van der Waals surface area contributed by atoms with E-state index in [0.717, 1.165) is 18.9 Å². The van der Waals surface area contributed by atoms with E-state index in [2.05, 4.69) is 71.1 Å². The Hall–Kier alpha value is -1.02. The fourth-order valence-electron chi connectivity index (χ4n) is 1.76. The summed E-state index contributed by atoms with van der Waals surface area (Å²) in [6.45, 7) is 14.9. The molecule has 2 nitrogen and oxygen atoms in total. The van der Waals surface area contributed by atoms with E-state index in [0.29, 0.717) is 12.0 Å². The molecule has 0 aliphatic carbocycles. The minimum atomic E-state index is 0.140. The van der Waals surface area contributed by atoms with Gasteiger partial charge in [0.15, 0.2) is 0 Å². The topological polar surface area (TPSA) is 21.3 Å². The minimum Gasteiger partial charge on any atom is -0.493 e. The smallest absolute Gasteiger partial charge is 0.119 e. The monoisotopic (exact) mass is 263 g/mol. The lowest BCUT2D eigenvalue weighted by Crippen LogP contribution is -2.37. The van der Waals surface area contributed by atoms with Crippen molar-refractivity contribution in [3.05, 3.63) is 29.8 Å². The summed E-state index contributed by atoms with van der Waals surface area (Å²) in [6.07, 6.45) is 0. The highest BCUT2D eigenvalue weighted by Crippen LogP contribution is 2.21. The Morgan fingerprint density at radius 1 is 1.05 bits per heavy atom. The molecule has 1 N–H and O–H groups in total. The standard InChI is InChI=1S/C17H29NO/c1-13(2)15-7-9-16(10-8-15)19-12-17(5,6)11-18-14(3)4/h7-10,13-14,18H,11-12H2,1-6H3. The first-order valence-electron chi connectivity index (χ1n) is 7.26. The van der Waals surface area contributed by atoms with Crippen molar-refractivity contribution in [1.29, 1.82) is 0 Å². The average Bonchev–Trinajstić information content (AvgIpc) is 2.35. The van der Waals surface area contributed by atoms with Gasteiger partial charge in [0.25, 0.3) is 0 Å². The summed E-state index contributed by atoms with van der Waals surface area (Å²) in [5.74, 6) is 1.53. The molecule has 0 unspecified atom stereocenters. The van der Waals surface area contributed by atoms with Crippen LogP contribution < -0.4 is 10.1 Å². The second-order valence-electron chi connectivity index (χ2n) is 6.71. The predicted molar refractivity (Wildman–Crippen MR) is 82.9 cm³/mol. The van der Waals surface area contributed by atoms with Crippen molar-refractivity contribution in [3.8, 4) is 5.75 Å². The fourth-order valence-corrected chi connectivity index (χ4v) is 1.76. The molecular formula is C17H29NO. The average molecular weight is 263 g/mol. The van der Waals surface area contributed by atoms with Crippen LogP contribution in [0.2, 0.25) is 0 Å². The molecule has 0 bridgehead atoms. The van der Waals surface area contributed by atoms with E-state index in [1.807, 2.05) is 0 Å². The van der Waals surface area contributed by atoms with Gasteiger partial charge in [-0.15, -0.1) is 0 Å². The molecule has 0 aliphatic heterocycles. The Balaban J connectivity index is 2.47. The fraction of sp³-hybridized carbons (Fsp3) is 0.647. The van der Waals surface area contributed by atoms with Gasteiger partial charge in [-0.05, 0) is 23.6 Å². The molecule has 0 atom stereocenters. The zero-order chi connectivity index (χ0) is 14.5. The SMILES string of the molecule is CC(C)NCC(C)(C)COc1ccc(C(C)C)cc1. The summed E-state index contributed by atoms with van der Waals surface area (Å²) >= 11 is 0. The second-order valence-corrected chi connectivity index (χ2v) is 6.71. The Morgan fingerprint density at radius 2 is 1.63 bits per heavy atom. The van der Waals surface area contributed by atoms with Gasteiger partial charge in [-0.25, -0.2) is 0 Å². The van der Waals surface area contributed by atoms with Crippen LogP contribution in [0.3, 0.4) is 0 Å². The molecule has 0 aliphatic rings. The van der Waals surface area contributed by atoms with E-state index in [1.165, 1.54) is 5.56 Å². The van der Waals surface area contributed by atoms with Crippen LogP contribution in [0, 0.1) is 5.41 Å². The van der Waals surface area contributed by atoms with Gasteiger partial charge in [0.05, 0.1) is 6.61 Å². The van der Waals surface area contributed by atoms with Gasteiger partial charge < -0.3 is 10.1 Å². The molecule has 1 aromatic rings. The summed E-state index contributed by atoms with van der Waals surface area (Å²) in [6, 6.07) is 8.96. The number of hydrogen-bond acceptors (Lipinski definition) is 2. The zero-order valence-electron chi connectivity index (χ0n) is 13.3. The molecule has 0 fully saturated rings. The Morgan fingerprint density at radius 3 is 2.11 bits per heavy atom. The molecule has 0 amide bonds. The molecule has 0 spiro atoms. The van der Waals surface area contributed by atoms with Gasteiger partial charge in [-0.3, -0.25) is 0 Å². The molecule has 19 heavy (non-hydrogen) atoms. The molecule has 1 aromatic carbocycles. The molecule has 0 radical (unpaired) electrons. The third-order valence-corrected chi connectivity index (χ3v) is 3.17. The van der Waals surface area contributed by atoms with Crippen molar-refractivity contribution in [2.75, 3.05) is 13.2 Å². The molecule has 0 heterocycles. The van der Waals surface area contributed by atoms with Crippen LogP contribution in [0.15, 0.2) is 24.3 Å². The normalized spacial score (nSPS) is 12.2. The Labute approximate surface area is 118 Å². The Bertz CT molecular complexity index is 365. The highest BCUT2D eigenvalue weighted by atomic mass is 16.5. The highest BCUT2D eigenvalue weighted by molar-refractivity contribution is 5.28. The Kier molecular flexibility index (Phi) is 5.86. The molecule has 2 heteroatoms. The molecule has 0 saturated carbocycles. The summed E-state index contributed by atoms with van der Waals surface area (Å²) in [7, 11) is 0. The minimum absolute atomic E-state index is 0.140. The quantitative estimate of drug-likeness (QED) is 0.795. The van der Waals surface area contributed by atoms with E-state index < -0.39 is 0 Å². The van der Waals surface area contributed by atoms with E-state index in [1.54, 1.807) is 0 Å². The number of benzene rings is 1.